The van der Waals surface area contributed by atoms with E-state index in [0.717, 1.165) is 35.9 Å². The van der Waals surface area contributed by atoms with Crippen molar-refractivity contribution in [1.29, 1.82) is 0 Å². The Morgan fingerprint density at radius 2 is 2.08 bits per heavy atom. The fourth-order valence-corrected chi connectivity index (χ4v) is 3.06. The molecule has 2 fully saturated rings. The molecule has 25 heavy (non-hydrogen) atoms. The summed E-state index contributed by atoms with van der Waals surface area (Å²) >= 11 is 0. The Hall–Kier alpha value is -2.51. The third kappa shape index (κ3) is 3.20. The second kappa shape index (κ2) is 6.09. The largest absolute Gasteiger partial charge is 0.352 e. The van der Waals surface area contributed by atoms with Crippen molar-refractivity contribution in [3.8, 4) is 0 Å². The lowest BCUT2D eigenvalue weighted by molar-refractivity contribution is -0.135. The first kappa shape index (κ1) is 17.3. The predicted octanol–water partition coefficient (Wildman–Crippen LogP) is 1.65. The van der Waals surface area contributed by atoms with Crippen molar-refractivity contribution < 1.29 is 23.2 Å². The summed E-state index contributed by atoms with van der Waals surface area (Å²) in [7, 11) is 0. The molecular formula is C17H19F2N3O3. The third-order valence-corrected chi connectivity index (χ3v) is 4.76. The first-order chi connectivity index (χ1) is 11.7. The lowest BCUT2D eigenvalue weighted by atomic mass is 9.91. The first-order valence-electron chi connectivity index (χ1n) is 8.11. The second-order valence-electron chi connectivity index (χ2n) is 6.76. The Morgan fingerprint density at radius 1 is 1.40 bits per heavy atom. The Labute approximate surface area is 143 Å². The number of benzene rings is 1. The van der Waals surface area contributed by atoms with Crippen LogP contribution in [0.4, 0.5) is 13.6 Å². The van der Waals surface area contributed by atoms with Crippen LogP contribution in [0.15, 0.2) is 18.2 Å². The van der Waals surface area contributed by atoms with Crippen molar-refractivity contribution in [2.24, 2.45) is 5.92 Å². The van der Waals surface area contributed by atoms with E-state index in [1.807, 2.05) is 6.92 Å². The third-order valence-electron chi connectivity index (χ3n) is 4.76. The summed E-state index contributed by atoms with van der Waals surface area (Å²) < 4.78 is 27.5. The number of halogens is 2. The lowest BCUT2D eigenvalue weighted by Crippen LogP contribution is -2.45. The van der Waals surface area contributed by atoms with Crippen LogP contribution in [0.25, 0.3) is 0 Å². The summed E-state index contributed by atoms with van der Waals surface area (Å²) in [6, 6.07) is 1.84. The van der Waals surface area contributed by atoms with Crippen molar-refractivity contribution in [2.75, 3.05) is 6.54 Å². The molecule has 8 heteroatoms. The molecule has 134 valence electrons. The number of rotatable bonds is 5. The molecule has 1 aromatic rings. The van der Waals surface area contributed by atoms with E-state index in [4.69, 9.17) is 0 Å². The maximum atomic E-state index is 14.1. The van der Waals surface area contributed by atoms with Crippen LogP contribution in [0, 0.1) is 17.6 Å². The number of urea groups is 1. The van der Waals surface area contributed by atoms with Crippen LogP contribution in [0.1, 0.15) is 32.3 Å². The van der Waals surface area contributed by atoms with Crippen LogP contribution in [0.5, 0.6) is 0 Å². The number of nitrogens with one attached hydrogen (secondary N) is 2. The van der Waals surface area contributed by atoms with Crippen LogP contribution in [0.3, 0.4) is 0 Å². The zero-order chi connectivity index (χ0) is 18.4. The zero-order valence-corrected chi connectivity index (χ0v) is 13.9. The highest BCUT2D eigenvalue weighted by molar-refractivity contribution is 6.09. The minimum absolute atomic E-state index is 0.0275. The molecule has 0 spiro atoms. The fraction of sp³-hybridized carbons (Fsp3) is 0.471. The highest BCUT2D eigenvalue weighted by Crippen LogP contribution is 2.33. The summed E-state index contributed by atoms with van der Waals surface area (Å²) in [6.07, 6.45) is 2.09. The van der Waals surface area contributed by atoms with E-state index in [0.29, 0.717) is 5.92 Å². The highest BCUT2D eigenvalue weighted by Gasteiger charge is 2.51. The number of imide groups is 1. The summed E-state index contributed by atoms with van der Waals surface area (Å²) in [4.78, 5) is 37.6. The molecular weight excluding hydrogens is 332 g/mol. The maximum absolute atomic E-state index is 14.1. The Morgan fingerprint density at radius 3 is 2.72 bits per heavy atom. The number of nitrogens with zero attached hydrogens (tertiary/aromatic N) is 1. The van der Waals surface area contributed by atoms with Crippen molar-refractivity contribution >= 4 is 17.8 Å². The van der Waals surface area contributed by atoms with Gasteiger partial charge < -0.3 is 10.6 Å². The van der Waals surface area contributed by atoms with Gasteiger partial charge in [0.15, 0.2) is 0 Å². The van der Waals surface area contributed by atoms with Gasteiger partial charge in [0.05, 0.1) is 0 Å². The quantitative estimate of drug-likeness (QED) is 0.792. The SMILES string of the molecule is C[C@@H](NC(=O)CN1C(=O)N[C@](C)(c2cc(F)ccc2F)C1=O)C1CC1. The van der Waals surface area contributed by atoms with Crippen LogP contribution in [-0.4, -0.2) is 35.3 Å². The van der Waals surface area contributed by atoms with Gasteiger partial charge in [0.1, 0.15) is 23.7 Å². The molecule has 0 radical (unpaired) electrons. The Balaban J connectivity index is 1.77. The molecule has 0 aromatic heterocycles. The van der Waals surface area contributed by atoms with Crippen LogP contribution < -0.4 is 10.6 Å². The molecule has 0 unspecified atom stereocenters. The molecule has 1 aromatic carbocycles. The monoisotopic (exact) mass is 351 g/mol. The van der Waals surface area contributed by atoms with Gasteiger partial charge in [-0.3, -0.25) is 14.5 Å². The van der Waals surface area contributed by atoms with Crippen molar-refractivity contribution in [3.63, 3.8) is 0 Å². The Bertz CT molecular complexity index is 751. The number of hydrogen-bond donors (Lipinski definition) is 2. The van der Waals surface area contributed by atoms with Gasteiger partial charge in [-0.05, 0) is 50.8 Å². The minimum atomic E-state index is -1.76. The molecule has 1 heterocycles. The van der Waals surface area contributed by atoms with Crippen molar-refractivity contribution in [1.82, 2.24) is 15.5 Å². The van der Waals surface area contributed by atoms with Crippen molar-refractivity contribution in [2.45, 2.75) is 38.3 Å². The first-order valence-corrected chi connectivity index (χ1v) is 8.11. The Kier molecular flexibility index (Phi) is 4.22. The van der Waals surface area contributed by atoms with Crippen molar-refractivity contribution in [3.05, 3.63) is 35.4 Å². The molecule has 1 saturated heterocycles. The van der Waals surface area contributed by atoms with Gasteiger partial charge in [0.2, 0.25) is 5.91 Å². The van der Waals surface area contributed by atoms with Gasteiger partial charge >= 0.3 is 6.03 Å². The normalized spacial score (nSPS) is 24.2. The van der Waals surface area contributed by atoms with E-state index in [2.05, 4.69) is 10.6 Å². The summed E-state index contributed by atoms with van der Waals surface area (Å²) in [5.41, 5.74) is -2.04. The number of amides is 4. The van der Waals surface area contributed by atoms with E-state index in [1.54, 1.807) is 0 Å². The lowest BCUT2D eigenvalue weighted by Gasteiger charge is -2.23. The standard InChI is InChI=1S/C17H19F2N3O3/c1-9(10-3-4-10)20-14(23)8-22-15(24)17(2,21-16(22)25)12-7-11(18)5-6-13(12)19/h5-7,9-10H,3-4,8H2,1-2H3,(H,20,23)(H,21,25)/t9-,17-/m1/s1. The van der Waals surface area contributed by atoms with Gasteiger partial charge in [0.25, 0.3) is 5.91 Å². The smallest absolute Gasteiger partial charge is 0.325 e. The zero-order valence-electron chi connectivity index (χ0n) is 13.9. The average Bonchev–Trinajstić information content (AvgIpc) is 3.35. The second-order valence-corrected chi connectivity index (χ2v) is 6.76. The van der Waals surface area contributed by atoms with E-state index in [1.165, 1.54) is 6.92 Å². The number of hydrogen-bond acceptors (Lipinski definition) is 3. The highest BCUT2D eigenvalue weighted by atomic mass is 19.1. The van der Waals surface area contributed by atoms with E-state index >= 15 is 0 Å². The van der Waals surface area contributed by atoms with Crippen LogP contribution in [0.2, 0.25) is 0 Å². The van der Waals surface area contributed by atoms with E-state index in [-0.39, 0.29) is 11.6 Å². The van der Waals surface area contributed by atoms with Crippen LogP contribution >= 0.6 is 0 Å². The summed E-state index contributed by atoms with van der Waals surface area (Å²) in [5, 5.41) is 5.11. The van der Waals surface area contributed by atoms with Crippen LogP contribution in [-0.2, 0) is 15.1 Å². The molecule has 4 amide bonds. The van der Waals surface area contributed by atoms with E-state index in [9.17, 15) is 23.2 Å². The predicted molar refractivity (Wildman–Crippen MR) is 84.3 cm³/mol. The summed E-state index contributed by atoms with van der Waals surface area (Å²) in [5.74, 6) is -2.37. The molecule has 0 bridgehead atoms. The van der Waals surface area contributed by atoms with Gasteiger partial charge in [0, 0.05) is 11.6 Å². The molecule has 1 aliphatic carbocycles. The van der Waals surface area contributed by atoms with Gasteiger partial charge in [-0.15, -0.1) is 0 Å². The van der Waals surface area contributed by atoms with Gasteiger partial charge in [-0.2, -0.15) is 0 Å². The molecule has 2 atom stereocenters. The maximum Gasteiger partial charge on any atom is 0.325 e. The molecule has 3 rings (SSSR count). The number of carbonyl (C=O) groups is 3. The van der Waals surface area contributed by atoms with Gasteiger partial charge in [-0.25, -0.2) is 13.6 Å². The molecule has 6 nitrogen and oxygen atoms in total. The molecule has 2 aliphatic rings. The topological polar surface area (TPSA) is 78.5 Å². The molecule has 1 aliphatic heterocycles. The fourth-order valence-electron chi connectivity index (χ4n) is 3.06. The molecule has 1 saturated carbocycles. The summed E-state index contributed by atoms with van der Waals surface area (Å²) in [6.45, 7) is 2.69. The minimum Gasteiger partial charge on any atom is -0.352 e. The van der Waals surface area contributed by atoms with Gasteiger partial charge in [-0.1, -0.05) is 0 Å². The van der Waals surface area contributed by atoms with E-state index < -0.39 is 41.6 Å². The number of carbonyl (C=O) groups excluding carboxylic acids is 3. The average molecular weight is 351 g/mol. The molecule has 2 N–H and O–H groups in total.